The van der Waals surface area contributed by atoms with E-state index in [1.165, 1.54) is 5.56 Å². The summed E-state index contributed by atoms with van der Waals surface area (Å²) in [7, 11) is 0. The molecule has 1 aromatic heterocycles. The Hall–Kier alpha value is -2.82. The molecule has 2 aromatic carbocycles. The number of hydrogen-bond acceptors (Lipinski definition) is 4. The van der Waals surface area contributed by atoms with Crippen molar-refractivity contribution in [1.29, 1.82) is 0 Å². The molecule has 142 valence electrons. The van der Waals surface area contributed by atoms with Gasteiger partial charge in [-0.15, -0.1) is 0 Å². The first-order valence-electron chi connectivity index (χ1n) is 9.27. The molecule has 0 saturated carbocycles. The molecule has 0 bridgehead atoms. The molecule has 0 saturated heterocycles. The van der Waals surface area contributed by atoms with Crippen LogP contribution in [0.25, 0.3) is 11.1 Å². The SMILES string of the molecule is Cc1ccc(OCC(=O)N[C@@H](CC(C)C)c2nc3ccccc3o2)cc1C. The van der Waals surface area contributed by atoms with E-state index in [0.29, 0.717) is 17.6 Å². The molecule has 0 aliphatic rings. The van der Waals surface area contributed by atoms with Gasteiger partial charge in [-0.05, 0) is 61.6 Å². The van der Waals surface area contributed by atoms with E-state index >= 15 is 0 Å². The van der Waals surface area contributed by atoms with Gasteiger partial charge < -0.3 is 14.5 Å². The molecule has 1 atom stereocenters. The highest BCUT2D eigenvalue weighted by atomic mass is 16.5. The van der Waals surface area contributed by atoms with Gasteiger partial charge in [-0.2, -0.15) is 0 Å². The normalized spacial score (nSPS) is 12.3. The number of rotatable bonds is 7. The maximum absolute atomic E-state index is 12.4. The van der Waals surface area contributed by atoms with Crippen molar-refractivity contribution in [3.05, 3.63) is 59.5 Å². The molecule has 0 spiro atoms. The first kappa shape index (κ1) is 19.0. The highest BCUT2D eigenvalue weighted by molar-refractivity contribution is 5.78. The van der Waals surface area contributed by atoms with Crippen molar-refractivity contribution in [2.24, 2.45) is 5.92 Å². The Morgan fingerprint density at radius 1 is 1.15 bits per heavy atom. The number of hydrogen-bond donors (Lipinski definition) is 1. The van der Waals surface area contributed by atoms with E-state index in [1.54, 1.807) is 0 Å². The number of oxazole rings is 1. The van der Waals surface area contributed by atoms with E-state index < -0.39 is 0 Å². The van der Waals surface area contributed by atoms with Gasteiger partial charge in [0.1, 0.15) is 17.3 Å². The number of benzene rings is 2. The lowest BCUT2D eigenvalue weighted by atomic mass is 10.0. The van der Waals surface area contributed by atoms with Gasteiger partial charge in [-0.3, -0.25) is 4.79 Å². The molecule has 0 radical (unpaired) electrons. The summed E-state index contributed by atoms with van der Waals surface area (Å²) in [5, 5.41) is 3.00. The van der Waals surface area contributed by atoms with Crippen LogP contribution < -0.4 is 10.1 Å². The summed E-state index contributed by atoms with van der Waals surface area (Å²) in [4.78, 5) is 17.0. The first-order valence-corrected chi connectivity index (χ1v) is 9.27. The second-order valence-electron chi connectivity index (χ2n) is 7.30. The fourth-order valence-electron chi connectivity index (χ4n) is 2.92. The van der Waals surface area contributed by atoms with E-state index in [9.17, 15) is 4.79 Å². The summed E-state index contributed by atoms with van der Waals surface area (Å²) in [6.45, 7) is 8.23. The lowest BCUT2D eigenvalue weighted by molar-refractivity contribution is -0.124. The number of nitrogens with one attached hydrogen (secondary N) is 1. The zero-order chi connectivity index (χ0) is 19.4. The van der Waals surface area contributed by atoms with Crippen molar-refractivity contribution < 1.29 is 13.9 Å². The largest absolute Gasteiger partial charge is 0.484 e. The lowest BCUT2D eigenvalue weighted by Gasteiger charge is -2.18. The molecular formula is C22H26N2O3. The summed E-state index contributed by atoms with van der Waals surface area (Å²) < 4.78 is 11.5. The third-order valence-corrected chi connectivity index (χ3v) is 4.50. The quantitative estimate of drug-likeness (QED) is 0.657. The van der Waals surface area contributed by atoms with Crippen LogP contribution in [-0.4, -0.2) is 17.5 Å². The van der Waals surface area contributed by atoms with Gasteiger partial charge >= 0.3 is 0 Å². The maximum atomic E-state index is 12.4. The Kier molecular flexibility index (Phi) is 5.79. The van der Waals surface area contributed by atoms with Crippen LogP contribution in [0.2, 0.25) is 0 Å². The van der Waals surface area contributed by atoms with Crippen molar-refractivity contribution >= 4 is 17.0 Å². The number of aryl methyl sites for hydroxylation is 2. The van der Waals surface area contributed by atoms with E-state index in [-0.39, 0.29) is 18.6 Å². The van der Waals surface area contributed by atoms with Gasteiger partial charge in [-0.1, -0.05) is 32.0 Å². The summed E-state index contributed by atoms with van der Waals surface area (Å²) >= 11 is 0. The molecule has 0 aliphatic carbocycles. The highest BCUT2D eigenvalue weighted by Gasteiger charge is 2.22. The number of nitrogens with zero attached hydrogens (tertiary/aromatic N) is 1. The second kappa shape index (κ2) is 8.25. The molecule has 1 N–H and O–H groups in total. The fourth-order valence-corrected chi connectivity index (χ4v) is 2.92. The molecule has 1 heterocycles. The average molecular weight is 366 g/mol. The number of aromatic nitrogens is 1. The van der Waals surface area contributed by atoms with E-state index in [2.05, 4.69) is 24.1 Å². The molecule has 1 amide bonds. The summed E-state index contributed by atoms with van der Waals surface area (Å²) in [6, 6.07) is 13.1. The zero-order valence-corrected chi connectivity index (χ0v) is 16.3. The van der Waals surface area contributed by atoms with Gasteiger partial charge in [-0.25, -0.2) is 4.98 Å². The van der Waals surface area contributed by atoms with Crippen molar-refractivity contribution in [3.63, 3.8) is 0 Å². The zero-order valence-electron chi connectivity index (χ0n) is 16.3. The number of para-hydroxylation sites is 2. The molecule has 5 nitrogen and oxygen atoms in total. The van der Waals surface area contributed by atoms with Gasteiger partial charge in [0, 0.05) is 0 Å². The average Bonchev–Trinajstić information content (AvgIpc) is 3.06. The molecule has 3 aromatic rings. The first-order chi connectivity index (χ1) is 12.9. The molecule has 27 heavy (non-hydrogen) atoms. The second-order valence-corrected chi connectivity index (χ2v) is 7.30. The number of carbonyl (C=O) groups is 1. The van der Waals surface area contributed by atoms with Crippen LogP contribution in [0.3, 0.4) is 0 Å². The third-order valence-electron chi connectivity index (χ3n) is 4.50. The Labute approximate surface area is 159 Å². The number of ether oxygens (including phenoxy) is 1. The Bertz CT molecular complexity index is 897. The number of amides is 1. The minimum atomic E-state index is -0.284. The van der Waals surface area contributed by atoms with Crippen LogP contribution in [0.5, 0.6) is 5.75 Å². The minimum absolute atomic E-state index is 0.0443. The van der Waals surface area contributed by atoms with Crippen LogP contribution in [0.1, 0.15) is 43.3 Å². The third kappa shape index (κ3) is 4.88. The van der Waals surface area contributed by atoms with Gasteiger partial charge in [0.15, 0.2) is 12.2 Å². The number of carbonyl (C=O) groups excluding carboxylic acids is 1. The van der Waals surface area contributed by atoms with Crippen LogP contribution in [0.15, 0.2) is 46.9 Å². The predicted octanol–water partition coefficient (Wildman–Crippen LogP) is 4.73. The highest BCUT2D eigenvalue weighted by Crippen LogP contribution is 2.25. The lowest BCUT2D eigenvalue weighted by Crippen LogP contribution is -2.33. The van der Waals surface area contributed by atoms with Crippen molar-refractivity contribution in [1.82, 2.24) is 10.3 Å². The Morgan fingerprint density at radius 3 is 2.63 bits per heavy atom. The van der Waals surface area contributed by atoms with Crippen LogP contribution in [0, 0.1) is 19.8 Å². The number of fused-ring (bicyclic) bond motifs is 1. The monoisotopic (exact) mass is 366 g/mol. The molecule has 5 heteroatoms. The van der Waals surface area contributed by atoms with Gasteiger partial charge in [0.25, 0.3) is 5.91 Å². The standard InChI is InChI=1S/C22H26N2O3/c1-14(2)11-19(22-24-18-7-5-6-8-20(18)27-22)23-21(25)13-26-17-10-9-15(3)16(4)12-17/h5-10,12,14,19H,11,13H2,1-4H3,(H,23,25)/t19-/m0/s1. The topological polar surface area (TPSA) is 64.4 Å². The van der Waals surface area contributed by atoms with E-state index in [1.807, 2.05) is 56.3 Å². The van der Waals surface area contributed by atoms with Crippen molar-refractivity contribution in [2.75, 3.05) is 6.61 Å². The van der Waals surface area contributed by atoms with Gasteiger partial charge in [0.2, 0.25) is 5.89 Å². The minimum Gasteiger partial charge on any atom is -0.484 e. The van der Waals surface area contributed by atoms with Crippen LogP contribution >= 0.6 is 0 Å². The Morgan fingerprint density at radius 2 is 1.93 bits per heavy atom. The summed E-state index contributed by atoms with van der Waals surface area (Å²) in [5.74, 6) is 1.41. The van der Waals surface area contributed by atoms with Crippen LogP contribution in [0.4, 0.5) is 0 Å². The maximum Gasteiger partial charge on any atom is 0.258 e. The fraction of sp³-hybridized carbons (Fsp3) is 0.364. The molecule has 0 aliphatic heterocycles. The molecular weight excluding hydrogens is 340 g/mol. The summed E-state index contributed by atoms with van der Waals surface area (Å²) in [5.41, 5.74) is 3.85. The predicted molar refractivity (Wildman–Crippen MR) is 106 cm³/mol. The molecule has 0 fully saturated rings. The van der Waals surface area contributed by atoms with E-state index in [0.717, 1.165) is 23.1 Å². The molecule has 3 rings (SSSR count). The Balaban J connectivity index is 1.68. The molecule has 0 unspecified atom stereocenters. The van der Waals surface area contributed by atoms with Crippen molar-refractivity contribution in [2.45, 2.75) is 40.2 Å². The van der Waals surface area contributed by atoms with Gasteiger partial charge in [0.05, 0.1) is 0 Å². The summed E-state index contributed by atoms with van der Waals surface area (Å²) in [6.07, 6.45) is 0.738. The van der Waals surface area contributed by atoms with Crippen LogP contribution in [-0.2, 0) is 4.79 Å². The smallest absolute Gasteiger partial charge is 0.258 e. The van der Waals surface area contributed by atoms with E-state index in [4.69, 9.17) is 9.15 Å². The van der Waals surface area contributed by atoms with Crippen molar-refractivity contribution in [3.8, 4) is 5.75 Å².